The highest BCUT2D eigenvalue weighted by molar-refractivity contribution is 6.37. The van der Waals surface area contributed by atoms with Crippen molar-refractivity contribution < 1.29 is 9.32 Å². The van der Waals surface area contributed by atoms with Gasteiger partial charge < -0.3 is 15.2 Å². The summed E-state index contributed by atoms with van der Waals surface area (Å²) in [7, 11) is 1.86. The summed E-state index contributed by atoms with van der Waals surface area (Å²) < 4.78 is 5.33. The van der Waals surface area contributed by atoms with Crippen molar-refractivity contribution in [1.29, 1.82) is 0 Å². The van der Waals surface area contributed by atoms with Gasteiger partial charge in [-0.3, -0.25) is 4.79 Å². The molecular weight excluding hydrogens is 387 g/mol. The minimum Gasteiger partial charge on any atom is -0.334 e. The third kappa shape index (κ3) is 5.85. The highest BCUT2D eigenvalue weighted by Crippen LogP contribution is 2.36. The van der Waals surface area contributed by atoms with Gasteiger partial charge in [-0.2, -0.15) is 4.98 Å². The Labute approximate surface area is 163 Å². The number of nitrogens with one attached hydrogen (secondary N) is 2. The molecule has 0 aliphatic carbocycles. The van der Waals surface area contributed by atoms with E-state index in [1.54, 1.807) is 12.1 Å². The molecule has 1 heterocycles. The molecule has 0 saturated heterocycles. The van der Waals surface area contributed by atoms with E-state index >= 15 is 0 Å². The molecule has 0 bridgehead atoms. The first-order chi connectivity index (χ1) is 11.4. The van der Waals surface area contributed by atoms with Gasteiger partial charge in [-0.05, 0) is 32.5 Å². The summed E-state index contributed by atoms with van der Waals surface area (Å²) in [5, 5.41) is 10.6. The van der Waals surface area contributed by atoms with Gasteiger partial charge in [-0.25, -0.2) is 0 Å². The van der Waals surface area contributed by atoms with E-state index in [2.05, 4.69) is 20.8 Å². The lowest BCUT2D eigenvalue weighted by Gasteiger charge is -2.11. The van der Waals surface area contributed by atoms with Gasteiger partial charge in [0.15, 0.2) is 5.82 Å². The number of rotatable bonds is 7. The lowest BCUT2D eigenvalue weighted by molar-refractivity contribution is -0.116. The van der Waals surface area contributed by atoms with Crippen molar-refractivity contribution in [3.8, 4) is 11.5 Å². The average Bonchev–Trinajstić information content (AvgIpc) is 2.98. The minimum atomic E-state index is -0.133. The number of hydrogen-bond donors (Lipinski definition) is 2. The first-order valence-electron chi connectivity index (χ1n) is 7.73. The van der Waals surface area contributed by atoms with Crippen molar-refractivity contribution in [2.24, 2.45) is 0 Å². The third-order valence-corrected chi connectivity index (χ3v) is 3.99. The predicted octanol–water partition coefficient (Wildman–Crippen LogP) is 4.35. The zero-order valence-corrected chi connectivity index (χ0v) is 16.6. The molecule has 1 unspecified atom stereocenters. The number of benzene rings is 1. The topological polar surface area (TPSA) is 80.0 Å². The Morgan fingerprint density at radius 1 is 1.36 bits per heavy atom. The maximum atomic E-state index is 11.9. The molecule has 2 N–H and O–H groups in total. The third-order valence-electron chi connectivity index (χ3n) is 3.48. The van der Waals surface area contributed by atoms with Crippen LogP contribution >= 0.6 is 35.6 Å². The van der Waals surface area contributed by atoms with E-state index in [-0.39, 0.29) is 30.2 Å². The summed E-state index contributed by atoms with van der Waals surface area (Å²) >= 11 is 12.3. The Morgan fingerprint density at radius 2 is 2.08 bits per heavy atom. The van der Waals surface area contributed by atoms with E-state index < -0.39 is 0 Å². The van der Waals surface area contributed by atoms with Crippen molar-refractivity contribution in [1.82, 2.24) is 15.5 Å². The molecule has 0 saturated carbocycles. The lowest BCUT2D eigenvalue weighted by Crippen LogP contribution is -2.24. The smallest absolute Gasteiger partial charge is 0.260 e. The summed E-state index contributed by atoms with van der Waals surface area (Å²) in [6.07, 6.45) is 1.75. The number of likely N-dealkylation sites (N-methyl/N-ethyl adjacent to an activating group) is 1. The molecule has 1 aromatic carbocycles. The fraction of sp³-hybridized carbons (Fsp3) is 0.438. The quantitative estimate of drug-likeness (QED) is 0.713. The van der Waals surface area contributed by atoms with E-state index in [0.717, 1.165) is 6.42 Å². The van der Waals surface area contributed by atoms with Gasteiger partial charge in [0, 0.05) is 23.9 Å². The van der Waals surface area contributed by atoms with Crippen LogP contribution in [0.15, 0.2) is 16.7 Å². The van der Waals surface area contributed by atoms with Gasteiger partial charge >= 0.3 is 0 Å². The van der Waals surface area contributed by atoms with Gasteiger partial charge in [-0.1, -0.05) is 35.3 Å². The van der Waals surface area contributed by atoms with E-state index in [4.69, 9.17) is 27.7 Å². The number of anilines is 1. The summed E-state index contributed by atoms with van der Waals surface area (Å²) in [6.45, 7) is 3.94. The maximum Gasteiger partial charge on any atom is 0.260 e. The molecule has 0 spiro atoms. The van der Waals surface area contributed by atoms with Crippen LogP contribution in [0.4, 0.5) is 5.69 Å². The summed E-state index contributed by atoms with van der Waals surface area (Å²) in [6, 6.07) is 3.42. The Kier molecular flexibility index (Phi) is 8.65. The number of nitrogens with zero attached hydrogens (tertiary/aromatic N) is 2. The normalized spacial score (nSPS) is 11.7. The zero-order valence-electron chi connectivity index (χ0n) is 14.2. The molecule has 1 aromatic heterocycles. The SMILES string of the molecule is CCCC(=O)Nc1c(Cl)cc(Cl)cc1-c1nc(CC(C)NC)no1.Cl. The van der Waals surface area contributed by atoms with Crippen LogP contribution < -0.4 is 10.6 Å². The van der Waals surface area contributed by atoms with Crippen LogP contribution in [0.2, 0.25) is 10.0 Å². The Bertz CT molecular complexity index is 721. The van der Waals surface area contributed by atoms with Crippen molar-refractivity contribution in [2.45, 2.75) is 39.2 Å². The van der Waals surface area contributed by atoms with Gasteiger partial charge in [0.05, 0.1) is 16.3 Å². The second-order valence-corrected chi connectivity index (χ2v) is 6.36. The molecular formula is C16H21Cl3N4O2. The van der Waals surface area contributed by atoms with Crippen LogP contribution in [0.1, 0.15) is 32.5 Å². The van der Waals surface area contributed by atoms with E-state index in [1.165, 1.54) is 0 Å². The summed E-state index contributed by atoms with van der Waals surface area (Å²) in [4.78, 5) is 16.3. The largest absolute Gasteiger partial charge is 0.334 e. The molecule has 1 atom stereocenters. The van der Waals surface area contributed by atoms with E-state index in [1.807, 2.05) is 20.9 Å². The van der Waals surface area contributed by atoms with Crippen molar-refractivity contribution >= 4 is 47.2 Å². The number of aromatic nitrogens is 2. The first-order valence-corrected chi connectivity index (χ1v) is 8.49. The number of amides is 1. The van der Waals surface area contributed by atoms with E-state index in [9.17, 15) is 4.79 Å². The van der Waals surface area contributed by atoms with Gasteiger partial charge in [0.2, 0.25) is 5.91 Å². The Hall–Kier alpha value is -1.34. The molecule has 138 valence electrons. The fourth-order valence-electron chi connectivity index (χ4n) is 2.12. The van der Waals surface area contributed by atoms with Crippen LogP contribution in [0.5, 0.6) is 0 Å². The molecule has 2 aromatic rings. The highest BCUT2D eigenvalue weighted by Gasteiger charge is 2.19. The van der Waals surface area contributed by atoms with Gasteiger partial charge in [0.1, 0.15) is 0 Å². The monoisotopic (exact) mass is 406 g/mol. The number of halogens is 3. The molecule has 0 radical (unpaired) electrons. The summed E-state index contributed by atoms with van der Waals surface area (Å²) in [5.74, 6) is 0.699. The molecule has 2 rings (SSSR count). The average molecular weight is 408 g/mol. The second kappa shape index (κ2) is 9.97. The number of hydrogen-bond acceptors (Lipinski definition) is 5. The molecule has 9 heteroatoms. The zero-order chi connectivity index (χ0) is 17.7. The predicted molar refractivity (Wildman–Crippen MR) is 103 cm³/mol. The van der Waals surface area contributed by atoms with Crippen molar-refractivity contribution in [3.05, 3.63) is 28.0 Å². The van der Waals surface area contributed by atoms with Crippen LogP contribution in [-0.2, 0) is 11.2 Å². The molecule has 0 aliphatic heterocycles. The number of carbonyl (C=O) groups excluding carboxylic acids is 1. The first kappa shape index (κ1) is 21.7. The highest BCUT2D eigenvalue weighted by atomic mass is 35.5. The van der Waals surface area contributed by atoms with Gasteiger partial charge in [0.25, 0.3) is 5.89 Å². The van der Waals surface area contributed by atoms with Crippen LogP contribution in [0.25, 0.3) is 11.5 Å². The maximum absolute atomic E-state index is 11.9. The molecule has 6 nitrogen and oxygen atoms in total. The minimum absolute atomic E-state index is 0. The van der Waals surface area contributed by atoms with Gasteiger partial charge in [-0.15, -0.1) is 12.4 Å². The van der Waals surface area contributed by atoms with E-state index in [0.29, 0.717) is 40.0 Å². The lowest BCUT2D eigenvalue weighted by atomic mass is 10.1. The Morgan fingerprint density at radius 3 is 2.72 bits per heavy atom. The molecule has 0 fully saturated rings. The number of carbonyl (C=O) groups is 1. The standard InChI is InChI=1S/C16H20Cl2N4O2.ClH/c1-4-5-14(23)21-15-11(7-10(17)8-12(15)18)16-20-13(22-24-16)6-9(2)19-3;/h7-9,19H,4-6H2,1-3H3,(H,21,23);1H. The van der Waals surface area contributed by atoms with Crippen LogP contribution in [0.3, 0.4) is 0 Å². The van der Waals surface area contributed by atoms with Crippen molar-refractivity contribution in [3.63, 3.8) is 0 Å². The second-order valence-electron chi connectivity index (χ2n) is 5.52. The molecule has 1 amide bonds. The summed E-state index contributed by atoms with van der Waals surface area (Å²) in [5.41, 5.74) is 0.934. The van der Waals surface area contributed by atoms with Crippen molar-refractivity contribution in [2.75, 3.05) is 12.4 Å². The van der Waals surface area contributed by atoms with Crippen LogP contribution in [0, 0.1) is 0 Å². The fourth-order valence-corrected chi connectivity index (χ4v) is 2.66. The molecule has 25 heavy (non-hydrogen) atoms. The molecule has 0 aliphatic rings. The van der Waals surface area contributed by atoms with Crippen LogP contribution in [-0.4, -0.2) is 29.1 Å². The Balaban J connectivity index is 0.00000312.